The zero-order valence-corrected chi connectivity index (χ0v) is 11.7. The summed E-state index contributed by atoms with van der Waals surface area (Å²) in [5.74, 6) is 1.94. The van der Waals surface area contributed by atoms with Gasteiger partial charge in [0.25, 0.3) is 0 Å². The molecule has 0 saturated carbocycles. The van der Waals surface area contributed by atoms with Crippen molar-refractivity contribution in [3.63, 3.8) is 0 Å². The molecule has 0 radical (unpaired) electrons. The van der Waals surface area contributed by atoms with Crippen molar-refractivity contribution >= 4 is 0 Å². The summed E-state index contributed by atoms with van der Waals surface area (Å²) in [6.45, 7) is 2.07. The van der Waals surface area contributed by atoms with Crippen LogP contribution in [0.3, 0.4) is 0 Å². The molecular weight excluding hydrogens is 240 g/mol. The lowest BCUT2D eigenvalue weighted by Gasteiger charge is -2.14. The molecule has 0 aliphatic rings. The summed E-state index contributed by atoms with van der Waals surface area (Å²) in [5, 5.41) is 0. The molecule has 3 nitrogen and oxygen atoms in total. The number of hydrogen-bond acceptors (Lipinski definition) is 3. The minimum absolute atomic E-state index is 0.612. The van der Waals surface area contributed by atoms with Gasteiger partial charge in [0, 0.05) is 0 Å². The number of aryl methyl sites for hydroxylation is 1. The van der Waals surface area contributed by atoms with E-state index in [1.807, 2.05) is 12.1 Å². The third-order valence-corrected chi connectivity index (χ3v) is 3.05. The van der Waals surface area contributed by atoms with Gasteiger partial charge < -0.3 is 14.2 Å². The molecule has 100 valence electrons. The molecule has 0 fully saturated rings. The Morgan fingerprint density at radius 3 is 1.63 bits per heavy atom. The first kappa shape index (κ1) is 13.3. The van der Waals surface area contributed by atoms with Crippen molar-refractivity contribution in [1.29, 1.82) is 0 Å². The molecule has 2 aromatic rings. The molecule has 0 saturated heterocycles. The van der Waals surface area contributed by atoms with Crippen LogP contribution in [0.2, 0.25) is 0 Å². The van der Waals surface area contributed by atoms with Gasteiger partial charge in [-0.15, -0.1) is 0 Å². The lowest BCUT2D eigenvalue weighted by Crippen LogP contribution is -1.95. The minimum Gasteiger partial charge on any atom is -0.493 e. The lowest BCUT2D eigenvalue weighted by molar-refractivity contribution is 0.324. The van der Waals surface area contributed by atoms with E-state index in [4.69, 9.17) is 14.2 Å². The predicted octanol–water partition coefficient (Wildman–Crippen LogP) is 3.69. The first-order chi connectivity index (χ1) is 9.19. The Labute approximate surface area is 113 Å². The fourth-order valence-electron chi connectivity index (χ4n) is 1.99. The van der Waals surface area contributed by atoms with Gasteiger partial charge in [-0.25, -0.2) is 0 Å². The van der Waals surface area contributed by atoms with Crippen LogP contribution >= 0.6 is 0 Å². The summed E-state index contributed by atoms with van der Waals surface area (Å²) >= 11 is 0. The largest absolute Gasteiger partial charge is 0.493 e. The second-order valence-electron chi connectivity index (χ2n) is 4.28. The molecule has 0 heterocycles. The summed E-state index contributed by atoms with van der Waals surface area (Å²) < 4.78 is 16.0. The number of methoxy groups -OCH3 is 3. The van der Waals surface area contributed by atoms with E-state index in [0.29, 0.717) is 17.2 Å². The van der Waals surface area contributed by atoms with Crippen LogP contribution in [0.1, 0.15) is 5.56 Å². The molecule has 0 aliphatic carbocycles. The molecule has 2 aromatic carbocycles. The molecule has 2 rings (SSSR count). The van der Waals surface area contributed by atoms with Gasteiger partial charge in [-0.05, 0) is 30.2 Å². The first-order valence-electron chi connectivity index (χ1n) is 6.06. The normalized spacial score (nSPS) is 10.1. The lowest BCUT2D eigenvalue weighted by atomic mass is 10.0. The van der Waals surface area contributed by atoms with Gasteiger partial charge in [0.15, 0.2) is 11.5 Å². The average Bonchev–Trinajstić information content (AvgIpc) is 2.46. The van der Waals surface area contributed by atoms with Crippen molar-refractivity contribution in [2.75, 3.05) is 21.3 Å². The molecule has 0 aromatic heterocycles. The van der Waals surface area contributed by atoms with Crippen LogP contribution in [0.5, 0.6) is 17.2 Å². The first-order valence-corrected chi connectivity index (χ1v) is 6.06. The Balaban J connectivity index is 2.55. The van der Waals surface area contributed by atoms with Crippen molar-refractivity contribution in [3.05, 3.63) is 42.0 Å². The van der Waals surface area contributed by atoms with E-state index in [2.05, 4.69) is 31.2 Å². The van der Waals surface area contributed by atoms with Gasteiger partial charge in [0.1, 0.15) is 0 Å². The second kappa shape index (κ2) is 5.65. The van der Waals surface area contributed by atoms with E-state index >= 15 is 0 Å². The summed E-state index contributed by atoms with van der Waals surface area (Å²) in [6.07, 6.45) is 0. The summed E-state index contributed by atoms with van der Waals surface area (Å²) in [6, 6.07) is 12.2. The topological polar surface area (TPSA) is 27.7 Å². The maximum absolute atomic E-state index is 5.36. The highest BCUT2D eigenvalue weighted by molar-refractivity contribution is 5.71. The highest BCUT2D eigenvalue weighted by Gasteiger charge is 2.13. The van der Waals surface area contributed by atoms with Gasteiger partial charge in [-0.3, -0.25) is 0 Å². The van der Waals surface area contributed by atoms with Crippen LogP contribution < -0.4 is 14.2 Å². The molecule has 0 unspecified atom stereocenters. The second-order valence-corrected chi connectivity index (χ2v) is 4.28. The molecule has 3 heteroatoms. The standard InChI is InChI=1S/C16H18O3/c1-11-5-7-12(8-6-11)13-9-14(17-2)16(19-4)15(10-13)18-3/h5-10H,1-4H3. The molecule has 0 N–H and O–H groups in total. The quantitative estimate of drug-likeness (QED) is 0.837. The van der Waals surface area contributed by atoms with Gasteiger partial charge in [0.05, 0.1) is 21.3 Å². The van der Waals surface area contributed by atoms with Gasteiger partial charge in [-0.2, -0.15) is 0 Å². The van der Waals surface area contributed by atoms with Crippen LogP contribution in [0, 0.1) is 6.92 Å². The Morgan fingerprint density at radius 2 is 1.21 bits per heavy atom. The van der Waals surface area contributed by atoms with Crippen LogP contribution in [-0.4, -0.2) is 21.3 Å². The number of ether oxygens (including phenoxy) is 3. The van der Waals surface area contributed by atoms with E-state index < -0.39 is 0 Å². The third-order valence-electron chi connectivity index (χ3n) is 3.05. The zero-order valence-electron chi connectivity index (χ0n) is 11.7. The molecule has 0 spiro atoms. The molecule has 0 amide bonds. The fourth-order valence-corrected chi connectivity index (χ4v) is 1.99. The highest BCUT2D eigenvalue weighted by Crippen LogP contribution is 2.41. The number of rotatable bonds is 4. The van der Waals surface area contributed by atoms with E-state index in [0.717, 1.165) is 11.1 Å². The maximum Gasteiger partial charge on any atom is 0.203 e. The van der Waals surface area contributed by atoms with Crippen molar-refractivity contribution < 1.29 is 14.2 Å². The summed E-state index contributed by atoms with van der Waals surface area (Å²) in [5.41, 5.74) is 3.38. The van der Waals surface area contributed by atoms with Crippen LogP contribution in [0.25, 0.3) is 11.1 Å². The van der Waals surface area contributed by atoms with Crippen LogP contribution in [-0.2, 0) is 0 Å². The van der Waals surface area contributed by atoms with Gasteiger partial charge in [-0.1, -0.05) is 29.8 Å². The van der Waals surface area contributed by atoms with Gasteiger partial charge >= 0.3 is 0 Å². The smallest absolute Gasteiger partial charge is 0.203 e. The predicted molar refractivity (Wildman–Crippen MR) is 76.3 cm³/mol. The van der Waals surface area contributed by atoms with Crippen molar-refractivity contribution in [2.24, 2.45) is 0 Å². The highest BCUT2D eigenvalue weighted by atomic mass is 16.5. The Hall–Kier alpha value is -2.16. The Kier molecular flexibility index (Phi) is 3.95. The zero-order chi connectivity index (χ0) is 13.8. The van der Waals surface area contributed by atoms with Gasteiger partial charge in [0.2, 0.25) is 5.75 Å². The molecule has 19 heavy (non-hydrogen) atoms. The summed E-state index contributed by atoms with van der Waals surface area (Å²) in [7, 11) is 4.85. The monoisotopic (exact) mass is 258 g/mol. The average molecular weight is 258 g/mol. The molecule has 0 aliphatic heterocycles. The Morgan fingerprint density at radius 1 is 0.684 bits per heavy atom. The van der Waals surface area contributed by atoms with Crippen molar-refractivity contribution in [1.82, 2.24) is 0 Å². The van der Waals surface area contributed by atoms with E-state index in [9.17, 15) is 0 Å². The Bertz CT molecular complexity index is 534. The maximum atomic E-state index is 5.36. The molecule has 0 bridgehead atoms. The molecule has 0 atom stereocenters. The number of hydrogen-bond donors (Lipinski definition) is 0. The van der Waals surface area contributed by atoms with Crippen molar-refractivity contribution in [2.45, 2.75) is 6.92 Å². The summed E-state index contributed by atoms with van der Waals surface area (Å²) in [4.78, 5) is 0. The number of benzene rings is 2. The van der Waals surface area contributed by atoms with Crippen molar-refractivity contribution in [3.8, 4) is 28.4 Å². The van der Waals surface area contributed by atoms with E-state index in [-0.39, 0.29) is 0 Å². The van der Waals surface area contributed by atoms with E-state index in [1.54, 1.807) is 21.3 Å². The van der Waals surface area contributed by atoms with Crippen LogP contribution in [0.4, 0.5) is 0 Å². The third kappa shape index (κ3) is 2.65. The minimum atomic E-state index is 0.612. The molecular formula is C16H18O3. The SMILES string of the molecule is COc1cc(-c2ccc(C)cc2)cc(OC)c1OC. The fraction of sp³-hybridized carbons (Fsp3) is 0.250. The van der Waals surface area contributed by atoms with E-state index in [1.165, 1.54) is 5.56 Å². The van der Waals surface area contributed by atoms with Crippen LogP contribution in [0.15, 0.2) is 36.4 Å².